The molecular formula is C16H13F5N4O2. The molecule has 0 atom stereocenters. The molecule has 0 spiro atoms. The van der Waals surface area contributed by atoms with Crippen LogP contribution in [0.2, 0.25) is 0 Å². The highest BCUT2D eigenvalue weighted by Gasteiger charge is 2.40. The minimum Gasteiger partial charge on any atom is -0.444 e. The van der Waals surface area contributed by atoms with Gasteiger partial charge in [-0.3, -0.25) is 5.32 Å². The van der Waals surface area contributed by atoms with Crippen molar-refractivity contribution >= 4 is 11.8 Å². The van der Waals surface area contributed by atoms with Gasteiger partial charge >= 0.3 is 12.3 Å². The van der Waals surface area contributed by atoms with Crippen LogP contribution in [0.25, 0.3) is 5.69 Å². The first-order valence-electron chi connectivity index (χ1n) is 7.38. The fourth-order valence-corrected chi connectivity index (χ4v) is 2.13. The molecule has 1 N–H and O–H groups in total. The van der Waals surface area contributed by atoms with Gasteiger partial charge in [-0.2, -0.15) is 23.5 Å². The van der Waals surface area contributed by atoms with Crippen LogP contribution in [0.4, 0.5) is 32.4 Å². The summed E-state index contributed by atoms with van der Waals surface area (Å²) in [5.41, 5.74) is -5.00. The van der Waals surface area contributed by atoms with E-state index < -0.39 is 52.1 Å². The van der Waals surface area contributed by atoms with E-state index in [0.29, 0.717) is 18.3 Å². The molecule has 1 amide bonds. The summed E-state index contributed by atoms with van der Waals surface area (Å²) >= 11 is 0. The van der Waals surface area contributed by atoms with E-state index >= 15 is 0 Å². The van der Waals surface area contributed by atoms with Crippen LogP contribution in [0, 0.1) is 23.0 Å². The van der Waals surface area contributed by atoms with Gasteiger partial charge in [0.15, 0.2) is 17.3 Å². The first-order chi connectivity index (χ1) is 12.3. The third-order valence-corrected chi connectivity index (χ3v) is 3.03. The van der Waals surface area contributed by atoms with Crippen molar-refractivity contribution in [3.8, 4) is 11.8 Å². The van der Waals surface area contributed by atoms with Gasteiger partial charge in [0.1, 0.15) is 11.3 Å². The second kappa shape index (κ2) is 6.86. The molecule has 0 saturated carbocycles. The number of nitrogens with one attached hydrogen (secondary N) is 1. The molecule has 0 aliphatic carbocycles. The van der Waals surface area contributed by atoms with Crippen LogP contribution < -0.4 is 5.32 Å². The molecule has 2 aromatic rings. The van der Waals surface area contributed by atoms with Crippen molar-refractivity contribution in [3.05, 3.63) is 41.2 Å². The maximum Gasteiger partial charge on any atom is 0.435 e. The largest absolute Gasteiger partial charge is 0.444 e. The van der Waals surface area contributed by atoms with Gasteiger partial charge in [-0.1, -0.05) is 0 Å². The minimum absolute atomic E-state index is 0.0292. The van der Waals surface area contributed by atoms with Crippen molar-refractivity contribution in [2.75, 3.05) is 5.32 Å². The highest BCUT2D eigenvalue weighted by Crippen LogP contribution is 2.37. The Bertz CT molecular complexity index is 899. The number of nitrogens with zero attached hydrogens (tertiary/aromatic N) is 3. The molecule has 0 bridgehead atoms. The van der Waals surface area contributed by atoms with Crippen molar-refractivity contribution in [3.63, 3.8) is 0 Å². The second-order valence-electron chi connectivity index (χ2n) is 6.34. The molecule has 144 valence electrons. The number of alkyl halides is 3. The SMILES string of the molecule is CC(C)(C)OC(=O)Nc1cnn(-c2c(F)cc(C#N)cc2F)c1C(F)(F)F. The van der Waals surface area contributed by atoms with Crippen LogP contribution >= 0.6 is 0 Å². The Balaban J connectivity index is 2.57. The Morgan fingerprint density at radius 1 is 1.22 bits per heavy atom. The number of amides is 1. The fourth-order valence-electron chi connectivity index (χ4n) is 2.13. The summed E-state index contributed by atoms with van der Waals surface area (Å²) in [6.07, 6.45) is -5.73. The highest BCUT2D eigenvalue weighted by molar-refractivity contribution is 5.85. The topological polar surface area (TPSA) is 79.9 Å². The van der Waals surface area contributed by atoms with Crippen molar-refractivity contribution in [1.82, 2.24) is 9.78 Å². The number of carbonyl (C=O) groups excluding carboxylic acids is 1. The van der Waals surface area contributed by atoms with Crippen molar-refractivity contribution in [2.45, 2.75) is 32.5 Å². The number of hydrogen-bond acceptors (Lipinski definition) is 4. The quantitative estimate of drug-likeness (QED) is 0.774. The Morgan fingerprint density at radius 3 is 2.22 bits per heavy atom. The summed E-state index contributed by atoms with van der Waals surface area (Å²) < 4.78 is 73.5. The summed E-state index contributed by atoms with van der Waals surface area (Å²) in [5, 5.41) is 13.9. The molecule has 27 heavy (non-hydrogen) atoms. The number of hydrogen-bond donors (Lipinski definition) is 1. The summed E-state index contributed by atoms with van der Waals surface area (Å²) in [6.45, 7) is 4.51. The number of benzene rings is 1. The Morgan fingerprint density at radius 2 is 1.78 bits per heavy atom. The molecule has 1 aromatic heterocycles. The standard InChI is InChI=1S/C16H13F5N4O2/c1-15(2,3)27-14(26)24-11-7-23-25(13(11)16(19,20)21)12-9(17)4-8(6-22)5-10(12)18/h4-5,7H,1-3H3,(H,24,26). The molecule has 0 aliphatic heterocycles. The van der Waals surface area contributed by atoms with Gasteiger partial charge in [-0.15, -0.1) is 0 Å². The average Bonchev–Trinajstić information content (AvgIpc) is 2.87. The number of halogens is 5. The van der Waals surface area contributed by atoms with E-state index in [9.17, 15) is 26.7 Å². The van der Waals surface area contributed by atoms with E-state index in [1.807, 2.05) is 5.32 Å². The van der Waals surface area contributed by atoms with E-state index in [4.69, 9.17) is 10.00 Å². The monoisotopic (exact) mass is 388 g/mol. The van der Waals surface area contributed by atoms with Crippen LogP contribution in [0.15, 0.2) is 18.3 Å². The number of anilines is 1. The molecule has 0 aliphatic rings. The predicted molar refractivity (Wildman–Crippen MR) is 83.1 cm³/mol. The molecule has 2 rings (SSSR count). The molecular weight excluding hydrogens is 375 g/mol. The number of carbonyl (C=O) groups is 1. The van der Waals surface area contributed by atoms with Crippen molar-refractivity contribution in [1.29, 1.82) is 5.26 Å². The number of aromatic nitrogens is 2. The van der Waals surface area contributed by atoms with E-state index in [2.05, 4.69) is 5.10 Å². The van der Waals surface area contributed by atoms with Crippen LogP contribution in [0.5, 0.6) is 0 Å². The third-order valence-electron chi connectivity index (χ3n) is 3.03. The zero-order valence-electron chi connectivity index (χ0n) is 14.3. The molecule has 0 unspecified atom stereocenters. The summed E-state index contributed by atoms with van der Waals surface area (Å²) in [7, 11) is 0. The van der Waals surface area contributed by atoms with Gasteiger partial charge in [-0.05, 0) is 32.9 Å². The van der Waals surface area contributed by atoms with Crippen molar-refractivity contribution in [2.24, 2.45) is 0 Å². The third kappa shape index (κ3) is 4.52. The van der Waals surface area contributed by atoms with E-state index in [0.717, 1.165) is 0 Å². The first-order valence-corrected chi connectivity index (χ1v) is 7.38. The number of rotatable bonds is 2. The Kier molecular flexibility index (Phi) is 5.12. The van der Waals surface area contributed by atoms with E-state index in [-0.39, 0.29) is 4.68 Å². The maximum atomic E-state index is 14.1. The fraction of sp³-hybridized carbons (Fsp3) is 0.312. The van der Waals surface area contributed by atoms with Crippen molar-refractivity contribution < 1.29 is 31.5 Å². The highest BCUT2D eigenvalue weighted by atomic mass is 19.4. The van der Waals surface area contributed by atoms with Gasteiger partial charge in [0.25, 0.3) is 0 Å². The number of nitriles is 1. The normalized spacial score (nSPS) is 11.8. The van der Waals surface area contributed by atoms with Gasteiger partial charge in [0.2, 0.25) is 0 Å². The zero-order valence-corrected chi connectivity index (χ0v) is 14.3. The number of ether oxygens (including phenoxy) is 1. The minimum atomic E-state index is -5.12. The lowest BCUT2D eigenvalue weighted by molar-refractivity contribution is -0.142. The average molecular weight is 388 g/mol. The van der Waals surface area contributed by atoms with Gasteiger partial charge in [-0.25, -0.2) is 18.3 Å². The molecule has 1 aromatic carbocycles. The molecule has 11 heteroatoms. The molecule has 0 fully saturated rings. The summed E-state index contributed by atoms with van der Waals surface area (Å²) in [6, 6.07) is 2.62. The predicted octanol–water partition coefficient (Wildman–Crippen LogP) is 4.39. The van der Waals surface area contributed by atoms with Crippen LogP contribution in [-0.2, 0) is 10.9 Å². The zero-order chi connectivity index (χ0) is 20.6. The Hall–Kier alpha value is -3.16. The molecule has 1 heterocycles. The molecule has 0 radical (unpaired) electrons. The lowest BCUT2D eigenvalue weighted by Crippen LogP contribution is -2.28. The van der Waals surface area contributed by atoms with Gasteiger partial charge in [0, 0.05) is 0 Å². The first kappa shape index (κ1) is 20.2. The smallest absolute Gasteiger partial charge is 0.435 e. The lowest BCUT2D eigenvalue weighted by atomic mass is 10.2. The maximum absolute atomic E-state index is 14.1. The van der Waals surface area contributed by atoms with Crippen LogP contribution in [0.3, 0.4) is 0 Å². The van der Waals surface area contributed by atoms with Crippen LogP contribution in [-0.4, -0.2) is 21.5 Å². The van der Waals surface area contributed by atoms with E-state index in [1.165, 1.54) is 26.8 Å². The van der Waals surface area contributed by atoms with Gasteiger partial charge < -0.3 is 4.74 Å². The molecule has 6 nitrogen and oxygen atoms in total. The second-order valence-corrected chi connectivity index (χ2v) is 6.34. The summed E-state index contributed by atoms with van der Waals surface area (Å²) in [4.78, 5) is 11.7. The van der Waals surface area contributed by atoms with Crippen LogP contribution in [0.1, 0.15) is 32.0 Å². The summed E-state index contributed by atoms with van der Waals surface area (Å²) in [5.74, 6) is -2.85. The van der Waals surface area contributed by atoms with Gasteiger partial charge in [0.05, 0.1) is 23.5 Å². The van der Waals surface area contributed by atoms with E-state index in [1.54, 1.807) is 0 Å². The lowest BCUT2D eigenvalue weighted by Gasteiger charge is -2.20. The molecule has 0 saturated heterocycles. The Labute approximate surface area is 150 Å².